The first-order valence-electron chi connectivity index (χ1n) is 7.92. The van der Waals surface area contributed by atoms with Crippen LogP contribution in [0.5, 0.6) is 17.4 Å². The van der Waals surface area contributed by atoms with Gasteiger partial charge in [0.05, 0.1) is 24.8 Å². The topological polar surface area (TPSA) is 36.3 Å². The molecule has 0 aliphatic heterocycles. The molecule has 0 unspecified atom stereocenters. The van der Waals surface area contributed by atoms with Crippen molar-refractivity contribution in [1.29, 1.82) is 0 Å². The standard InChI is InChI=1S/C20H20N2O2/c1-4-22-20(24-18-12-10-17(23-3)11-13-18)19(15(2)21-22)14-16-8-6-5-7-9-16/h5-13H,4H2,1-3H3. The molecule has 1 heterocycles. The zero-order valence-corrected chi connectivity index (χ0v) is 14.1. The van der Waals surface area contributed by atoms with E-state index in [1.165, 1.54) is 0 Å². The van der Waals surface area contributed by atoms with Crippen molar-refractivity contribution >= 4 is 0 Å². The van der Waals surface area contributed by atoms with Gasteiger partial charge in [-0.05, 0) is 43.7 Å². The van der Waals surface area contributed by atoms with Gasteiger partial charge < -0.3 is 9.47 Å². The Balaban J connectivity index is 1.92. The third-order valence-corrected chi connectivity index (χ3v) is 3.70. The molecule has 1 aromatic heterocycles. The van der Waals surface area contributed by atoms with Gasteiger partial charge in [-0.2, -0.15) is 5.10 Å². The van der Waals surface area contributed by atoms with Gasteiger partial charge >= 0.3 is 0 Å². The van der Waals surface area contributed by atoms with Crippen molar-refractivity contribution in [2.24, 2.45) is 0 Å². The van der Waals surface area contributed by atoms with Crippen LogP contribution < -0.4 is 9.47 Å². The summed E-state index contributed by atoms with van der Waals surface area (Å²) in [5.41, 5.74) is 2.76. The van der Waals surface area contributed by atoms with Crippen LogP contribution in [-0.4, -0.2) is 16.9 Å². The summed E-state index contributed by atoms with van der Waals surface area (Å²) in [4.78, 5) is 0. The number of benzene rings is 2. The predicted octanol–water partition coefficient (Wildman–Crippen LogP) is 4.49. The minimum absolute atomic E-state index is 0.698. The van der Waals surface area contributed by atoms with Crippen LogP contribution in [0.4, 0.5) is 0 Å². The summed E-state index contributed by atoms with van der Waals surface area (Å²) >= 11 is 0. The number of nitrogens with zero attached hydrogens (tertiary/aromatic N) is 2. The molecule has 0 aliphatic carbocycles. The van der Waals surface area contributed by atoms with Gasteiger partial charge in [0.25, 0.3) is 0 Å². The number of hydrogen-bond acceptors (Lipinski definition) is 3. The number of hydrogen-bond donors (Lipinski definition) is 0. The van der Waals surface area contributed by atoms with E-state index in [0.717, 1.165) is 34.9 Å². The Morgan fingerprint density at radius 3 is 2.29 bits per heavy atom. The minimum atomic E-state index is 0.698. The summed E-state index contributed by atoms with van der Waals surface area (Å²) in [5, 5.41) is 4.56. The molecule has 2 aromatic carbocycles. The van der Waals surface area contributed by atoms with E-state index in [1.807, 2.05) is 73.1 Å². The van der Waals surface area contributed by atoms with Crippen molar-refractivity contribution in [2.75, 3.05) is 7.11 Å². The Morgan fingerprint density at radius 2 is 1.67 bits per heavy atom. The van der Waals surface area contributed by atoms with E-state index in [2.05, 4.69) is 11.5 Å². The van der Waals surface area contributed by atoms with E-state index in [-0.39, 0.29) is 0 Å². The summed E-state index contributed by atoms with van der Waals surface area (Å²) in [6, 6.07) is 17.5. The van der Waals surface area contributed by atoms with Gasteiger partial charge in [-0.1, -0.05) is 30.3 Å². The first kappa shape index (κ1) is 16.1. The first-order valence-corrected chi connectivity index (χ1v) is 7.92. The molecule has 4 nitrogen and oxygen atoms in total. The van der Waals surface area contributed by atoms with Crippen LogP contribution in [0, 0.1) is 13.3 Å². The molecule has 0 fully saturated rings. The van der Waals surface area contributed by atoms with Crippen LogP contribution in [0.15, 0.2) is 54.6 Å². The minimum Gasteiger partial charge on any atom is -0.497 e. The number of rotatable bonds is 6. The first-order chi connectivity index (χ1) is 11.7. The molecule has 0 saturated carbocycles. The lowest BCUT2D eigenvalue weighted by molar-refractivity contribution is 0.404. The lowest BCUT2D eigenvalue weighted by atomic mass is 10.1. The lowest BCUT2D eigenvalue weighted by Gasteiger charge is -2.10. The SMILES string of the molecule is CCn1nc(C)c([C]c2ccccc2)c1Oc1ccc(OC)cc1. The Labute approximate surface area is 142 Å². The van der Waals surface area contributed by atoms with E-state index in [9.17, 15) is 0 Å². The van der Waals surface area contributed by atoms with Crippen molar-refractivity contribution < 1.29 is 9.47 Å². The van der Waals surface area contributed by atoms with Gasteiger partial charge in [-0.25, -0.2) is 4.68 Å². The van der Waals surface area contributed by atoms with E-state index in [4.69, 9.17) is 9.47 Å². The molecule has 0 N–H and O–H groups in total. The van der Waals surface area contributed by atoms with Gasteiger partial charge in [-0.3, -0.25) is 0 Å². The van der Waals surface area contributed by atoms with Crippen LogP contribution >= 0.6 is 0 Å². The zero-order valence-electron chi connectivity index (χ0n) is 14.1. The highest BCUT2D eigenvalue weighted by atomic mass is 16.5. The average Bonchev–Trinajstić information content (AvgIpc) is 2.92. The second-order valence-corrected chi connectivity index (χ2v) is 5.35. The van der Waals surface area contributed by atoms with Gasteiger partial charge in [0, 0.05) is 6.54 Å². The van der Waals surface area contributed by atoms with E-state index in [1.54, 1.807) is 7.11 Å². The van der Waals surface area contributed by atoms with Crippen LogP contribution in [0.1, 0.15) is 23.7 Å². The van der Waals surface area contributed by atoms with Crippen molar-refractivity contribution in [3.8, 4) is 17.4 Å². The van der Waals surface area contributed by atoms with Crippen molar-refractivity contribution in [3.63, 3.8) is 0 Å². The lowest BCUT2D eigenvalue weighted by Crippen LogP contribution is -2.01. The summed E-state index contributed by atoms with van der Waals surface area (Å²) < 4.78 is 13.1. The van der Waals surface area contributed by atoms with Gasteiger partial charge in [0.15, 0.2) is 0 Å². The average molecular weight is 320 g/mol. The van der Waals surface area contributed by atoms with Crippen molar-refractivity contribution in [1.82, 2.24) is 9.78 Å². The van der Waals surface area contributed by atoms with E-state index >= 15 is 0 Å². The number of aromatic nitrogens is 2. The maximum atomic E-state index is 6.11. The second kappa shape index (κ2) is 7.21. The van der Waals surface area contributed by atoms with Crippen molar-refractivity contribution in [2.45, 2.75) is 20.4 Å². The molecule has 0 spiro atoms. The normalized spacial score (nSPS) is 10.6. The molecular weight excluding hydrogens is 300 g/mol. The van der Waals surface area contributed by atoms with Crippen LogP contribution in [0.25, 0.3) is 0 Å². The molecule has 0 bridgehead atoms. The molecule has 4 heteroatoms. The molecular formula is C20H20N2O2. The molecule has 3 rings (SSSR count). The fourth-order valence-electron chi connectivity index (χ4n) is 2.44. The highest BCUT2D eigenvalue weighted by Gasteiger charge is 2.18. The number of ether oxygens (including phenoxy) is 2. The Morgan fingerprint density at radius 1 is 1.00 bits per heavy atom. The molecule has 0 atom stereocenters. The molecule has 2 radical (unpaired) electrons. The van der Waals surface area contributed by atoms with Crippen LogP contribution in [0.3, 0.4) is 0 Å². The van der Waals surface area contributed by atoms with Crippen LogP contribution in [0.2, 0.25) is 0 Å². The van der Waals surface area contributed by atoms with Crippen molar-refractivity contribution in [3.05, 3.63) is 77.8 Å². The highest BCUT2D eigenvalue weighted by Crippen LogP contribution is 2.31. The molecule has 0 amide bonds. The maximum Gasteiger partial charge on any atom is 0.222 e. The third kappa shape index (κ3) is 3.43. The van der Waals surface area contributed by atoms with Gasteiger partial charge in [0.1, 0.15) is 11.5 Å². The van der Waals surface area contributed by atoms with Crippen LogP contribution in [-0.2, 0) is 6.54 Å². The summed E-state index contributed by atoms with van der Waals surface area (Å²) in [5.74, 6) is 2.23. The summed E-state index contributed by atoms with van der Waals surface area (Å²) in [7, 11) is 1.65. The predicted molar refractivity (Wildman–Crippen MR) is 93.6 cm³/mol. The molecule has 24 heavy (non-hydrogen) atoms. The summed E-state index contributed by atoms with van der Waals surface area (Å²) in [6.45, 7) is 4.74. The van der Waals surface area contributed by atoms with Gasteiger partial charge in [0.2, 0.25) is 5.88 Å². The Hall–Kier alpha value is -2.75. The van der Waals surface area contributed by atoms with E-state index < -0.39 is 0 Å². The molecule has 3 aromatic rings. The quantitative estimate of drug-likeness (QED) is 0.671. The smallest absolute Gasteiger partial charge is 0.222 e. The Bertz CT molecular complexity index is 793. The molecule has 0 saturated heterocycles. The molecule has 0 aliphatic rings. The maximum absolute atomic E-state index is 6.11. The number of methoxy groups -OCH3 is 1. The highest BCUT2D eigenvalue weighted by molar-refractivity contribution is 5.47. The monoisotopic (exact) mass is 320 g/mol. The third-order valence-electron chi connectivity index (χ3n) is 3.70. The molecule has 122 valence electrons. The fourth-order valence-corrected chi connectivity index (χ4v) is 2.44. The number of aryl methyl sites for hydroxylation is 2. The summed E-state index contributed by atoms with van der Waals surface area (Å²) in [6.07, 6.45) is 3.41. The largest absolute Gasteiger partial charge is 0.497 e. The van der Waals surface area contributed by atoms with E-state index in [0.29, 0.717) is 5.88 Å². The zero-order chi connectivity index (χ0) is 16.9. The second-order valence-electron chi connectivity index (χ2n) is 5.35. The fraction of sp³-hybridized carbons (Fsp3) is 0.200. The Kier molecular flexibility index (Phi) is 4.85. The van der Waals surface area contributed by atoms with Gasteiger partial charge in [-0.15, -0.1) is 0 Å².